The molecule has 0 spiro atoms. The molecule has 2 rings (SSSR count). The molecule has 2 aromatic rings. The van der Waals surface area contributed by atoms with Crippen molar-refractivity contribution in [1.29, 1.82) is 0 Å². The molecule has 0 heterocycles. The van der Waals surface area contributed by atoms with E-state index in [1.54, 1.807) is 0 Å². The summed E-state index contributed by atoms with van der Waals surface area (Å²) in [5.41, 5.74) is 1.19. The quantitative estimate of drug-likeness (QED) is 0.809. The predicted octanol–water partition coefficient (Wildman–Crippen LogP) is 5.02. The summed E-state index contributed by atoms with van der Waals surface area (Å²) >= 11 is 5.93. The van der Waals surface area contributed by atoms with Crippen LogP contribution in [0.15, 0.2) is 42.5 Å². The Kier molecular flexibility index (Phi) is 5.59. The Balaban J connectivity index is 1.95. The van der Waals surface area contributed by atoms with Crippen molar-refractivity contribution >= 4 is 11.6 Å². The summed E-state index contributed by atoms with van der Waals surface area (Å²) in [6.07, 6.45) is 0. The van der Waals surface area contributed by atoms with Gasteiger partial charge in [0.1, 0.15) is 17.3 Å². The van der Waals surface area contributed by atoms with Gasteiger partial charge in [0.05, 0.1) is 5.02 Å². The van der Waals surface area contributed by atoms with E-state index >= 15 is 0 Å². The molecule has 0 aliphatic carbocycles. The summed E-state index contributed by atoms with van der Waals surface area (Å²) in [4.78, 5) is 0. The molecule has 0 saturated carbocycles. The van der Waals surface area contributed by atoms with Crippen LogP contribution in [0.1, 0.15) is 19.4 Å². The Morgan fingerprint density at radius 2 is 1.86 bits per heavy atom. The smallest absolute Gasteiger partial charge is 0.146 e. The zero-order valence-electron chi connectivity index (χ0n) is 12.2. The number of ether oxygens (including phenoxy) is 1. The second-order valence-electron chi connectivity index (χ2n) is 5.35. The number of nitrogens with one attached hydrogen (secondary N) is 1. The highest BCUT2D eigenvalue weighted by Crippen LogP contribution is 2.29. The average molecular weight is 308 g/mol. The van der Waals surface area contributed by atoms with E-state index in [1.807, 2.05) is 24.3 Å². The lowest BCUT2D eigenvalue weighted by atomic mass is 10.2. The first kappa shape index (κ1) is 15.8. The molecule has 0 atom stereocenters. The van der Waals surface area contributed by atoms with Crippen molar-refractivity contribution in [3.8, 4) is 11.5 Å². The molecule has 1 N–H and O–H groups in total. The van der Waals surface area contributed by atoms with Crippen LogP contribution in [0.2, 0.25) is 5.02 Å². The number of halogens is 2. The van der Waals surface area contributed by atoms with Crippen molar-refractivity contribution in [2.75, 3.05) is 6.54 Å². The molecule has 112 valence electrons. The van der Waals surface area contributed by atoms with E-state index in [0.717, 1.165) is 13.1 Å². The Bertz CT molecular complexity index is 584. The van der Waals surface area contributed by atoms with Gasteiger partial charge in [-0.1, -0.05) is 37.6 Å². The Hall–Kier alpha value is -1.58. The van der Waals surface area contributed by atoms with E-state index in [9.17, 15) is 4.39 Å². The molecule has 0 saturated heterocycles. The first-order valence-electron chi connectivity index (χ1n) is 6.97. The van der Waals surface area contributed by atoms with Crippen LogP contribution >= 0.6 is 11.6 Å². The van der Waals surface area contributed by atoms with Crippen LogP contribution in [0.4, 0.5) is 4.39 Å². The number of benzene rings is 2. The van der Waals surface area contributed by atoms with Crippen molar-refractivity contribution < 1.29 is 9.13 Å². The van der Waals surface area contributed by atoms with E-state index in [-0.39, 0.29) is 10.8 Å². The minimum atomic E-state index is -0.376. The highest BCUT2D eigenvalue weighted by atomic mass is 35.5. The third-order valence-corrected chi connectivity index (χ3v) is 3.22. The summed E-state index contributed by atoms with van der Waals surface area (Å²) in [6, 6.07) is 11.8. The first-order valence-corrected chi connectivity index (χ1v) is 7.35. The van der Waals surface area contributed by atoms with E-state index < -0.39 is 0 Å². The minimum Gasteiger partial charge on any atom is -0.456 e. The maximum Gasteiger partial charge on any atom is 0.146 e. The van der Waals surface area contributed by atoms with Gasteiger partial charge in [0.25, 0.3) is 0 Å². The summed E-state index contributed by atoms with van der Waals surface area (Å²) in [5, 5.41) is 3.64. The predicted molar refractivity (Wildman–Crippen MR) is 84.5 cm³/mol. The minimum absolute atomic E-state index is 0.262. The fraction of sp³-hybridized carbons (Fsp3) is 0.294. The molecular formula is C17H19ClFNO. The highest BCUT2D eigenvalue weighted by molar-refractivity contribution is 6.32. The number of hydrogen-bond donors (Lipinski definition) is 1. The van der Waals surface area contributed by atoms with Crippen molar-refractivity contribution in [2.24, 2.45) is 5.92 Å². The van der Waals surface area contributed by atoms with Gasteiger partial charge in [0, 0.05) is 6.54 Å². The molecule has 0 aliphatic rings. The van der Waals surface area contributed by atoms with Gasteiger partial charge >= 0.3 is 0 Å². The lowest BCUT2D eigenvalue weighted by molar-refractivity contribution is 0.480. The molecule has 2 aromatic carbocycles. The molecular weight excluding hydrogens is 289 g/mol. The van der Waals surface area contributed by atoms with E-state index in [0.29, 0.717) is 17.4 Å². The maximum atomic E-state index is 13.0. The zero-order valence-corrected chi connectivity index (χ0v) is 13.0. The third kappa shape index (κ3) is 5.03. The fourth-order valence-electron chi connectivity index (χ4n) is 1.87. The third-order valence-electron chi connectivity index (χ3n) is 2.93. The molecule has 0 amide bonds. The molecule has 2 nitrogen and oxygen atoms in total. The van der Waals surface area contributed by atoms with Crippen LogP contribution in [-0.2, 0) is 6.54 Å². The number of rotatable bonds is 6. The van der Waals surface area contributed by atoms with E-state index in [2.05, 4.69) is 19.2 Å². The SMILES string of the molecule is CC(C)CNCc1ccc(Oc2ccc(F)cc2Cl)cc1. The Morgan fingerprint density at radius 3 is 2.48 bits per heavy atom. The van der Waals surface area contributed by atoms with Crippen LogP contribution in [0.5, 0.6) is 11.5 Å². The van der Waals surface area contributed by atoms with Gasteiger partial charge in [-0.25, -0.2) is 4.39 Å². The van der Waals surface area contributed by atoms with Gasteiger partial charge in [-0.15, -0.1) is 0 Å². The molecule has 0 aliphatic heterocycles. The van der Waals surface area contributed by atoms with Crippen LogP contribution < -0.4 is 10.1 Å². The van der Waals surface area contributed by atoms with Crippen LogP contribution in [-0.4, -0.2) is 6.54 Å². The molecule has 21 heavy (non-hydrogen) atoms. The second kappa shape index (κ2) is 7.43. The van der Waals surface area contributed by atoms with Gasteiger partial charge in [-0.2, -0.15) is 0 Å². The standard InChI is InChI=1S/C17H19ClFNO/c1-12(2)10-20-11-13-3-6-15(7-4-13)21-17-8-5-14(19)9-16(17)18/h3-9,12,20H,10-11H2,1-2H3. The molecule has 0 radical (unpaired) electrons. The van der Waals surface area contributed by atoms with Gasteiger partial charge in [-0.3, -0.25) is 0 Å². The molecule has 0 bridgehead atoms. The second-order valence-corrected chi connectivity index (χ2v) is 5.75. The van der Waals surface area contributed by atoms with Crippen molar-refractivity contribution in [1.82, 2.24) is 5.32 Å². The summed E-state index contributed by atoms with van der Waals surface area (Å²) in [5.74, 6) is 1.38. The van der Waals surface area contributed by atoms with Crippen molar-refractivity contribution in [2.45, 2.75) is 20.4 Å². The van der Waals surface area contributed by atoms with Crippen LogP contribution in [0, 0.1) is 11.7 Å². The van der Waals surface area contributed by atoms with Crippen molar-refractivity contribution in [3.63, 3.8) is 0 Å². The Morgan fingerprint density at radius 1 is 1.14 bits per heavy atom. The summed E-state index contributed by atoms with van der Waals surface area (Å²) < 4.78 is 18.6. The largest absolute Gasteiger partial charge is 0.456 e. The topological polar surface area (TPSA) is 21.3 Å². The summed E-state index contributed by atoms with van der Waals surface area (Å²) in [7, 11) is 0. The highest BCUT2D eigenvalue weighted by Gasteiger charge is 2.04. The molecule has 0 aromatic heterocycles. The lowest BCUT2D eigenvalue weighted by Crippen LogP contribution is -2.18. The van der Waals surface area contributed by atoms with E-state index in [4.69, 9.17) is 16.3 Å². The Labute approximate surface area is 129 Å². The number of hydrogen-bond acceptors (Lipinski definition) is 2. The lowest BCUT2D eigenvalue weighted by Gasteiger charge is -2.10. The molecule has 4 heteroatoms. The molecule has 0 fully saturated rings. The molecule has 0 unspecified atom stereocenters. The average Bonchev–Trinajstić information content (AvgIpc) is 2.43. The van der Waals surface area contributed by atoms with Crippen molar-refractivity contribution in [3.05, 3.63) is 58.9 Å². The van der Waals surface area contributed by atoms with Gasteiger partial charge in [0.15, 0.2) is 0 Å². The van der Waals surface area contributed by atoms with Gasteiger partial charge in [0.2, 0.25) is 0 Å². The van der Waals surface area contributed by atoms with E-state index in [1.165, 1.54) is 23.8 Å². The van der Waals surface area contributed by atoms with Gasteiger partial charge in [-0.05, 0) is 48.4 Å². The van der Waals surface area contributed by atoms with Gasteiger partial charge < -0.3 is 10.1 Å². The van der Waals surface area contributed by atoms with Crippen LogP contribution in [0.3, 0.4) is 0 Å². The monoisotopic (exact) mass is 307 g/mol. The zero-order chi connectivity index (χ0) is 15.2. The van der Waals surface area contributed by atoms with Crippen LogP contribution in [0.25, 0.3) is 0 Å². The first-order chi connectivity index (χ1) is 10.0. The fourth-order valence-corrected chi connectivity index (χ4v) is 2.07. The normalized spacial score (nSPS) is 10.9. The maximum absolute atomic E-state index is 13.0. The summed E-state index contributed by atoms with van der Waals surface area (Å²) in [6.45, 7) is 6.17.